The summed E-state index contributed by atoms with van der Waals surface area (Å²) in [6.45, 7) is 2.75. The van der Waals surface area contributed by atoms with Gasteiger partial charge in [-0.2, -0.15) is 0 Å². The molecule has 2 amide bonds. The smallest absolute Gasteiger partial charge is 0.326 e. The molecule has 1 aromatic heterocycles. The molecular weight excluding hydrogens is 274 g/mol. The number of nitrogens with one attached hydrogen (secondary N) is 1. The quantitative estimate of drug-likeness (QED) is 0.847. The van der Waals surface area contributed by atoms with E-state index in [9.17, 15) is 14.7 Å². The van der Waals surface area contributed by atoms with Crippen molar-refractivity contribution < 1.29 is 14.7 Å². The molecule has 0 bridgehead atoms. The van der Waals surface area contributed by atoms with Crippen LogP contribution in [0.1, 0.15) is 32.0 Å². The van der Waals surface area contributed by atoms with E-state index in [4.69, 9.17) is 0 Å². The third-order valence-corrected chi connectivity index (χ3v) is 4.04. The zero-order valence-electron chi connectivity index (χ0n) is 12.3. The van der Waals surface area contributed by atoms with Gasteiger partial charge in [0.15, 0.2) is 5.82 Å². The van der Waals surface area contributed by atoms with E-state index in [0.29, 0.717) is 24.7 Å². The van der Waals surface area contributed by atoms with Crippen LogP contribution in [0.15, 0.2) is 6.33 Å². The first-order valence-electron chi connectivity index (χ1n) is 7.13. The highest BCUT2D eigenvalue weighted by atomic mass is 16.4. The van der Waals surface area contributed by atoms with Crippen LogP contribution in [0, 0.1) is 5.92 Å². The number of hydrogen-bond acceptors (Lipinski definition) is 4. The zero-order chi connectivity index (χ0) is 15.4. The molecule has 2 unspecified atom stereocenters. The van der Waals surface area contributed by atoms with Crippen LogP contribution < -0.4 is 5.32 Å². The molecule has 0 aromatic carbocycles. The molecule has 2 rings (SSSR count). The van der Waals surface area contributed by atoms with Crippen molar-refractivity contribution in [2.75, 3.05) is 6.54 Å². The van der Waals surface area contributed by atoms with Crippen molar-refractivity contribution in [1.82, 2.24) is 25.0 Å². The van der Waals surface area contributed by atoms with Crippen molar-refractivity contribution >= 4 is 12.0 Å². The number of carbonyl (C=O) groups excluding carboxylic acids is 1. The number of likely N-dealkylation sites (tertiary alicyclic amines) is 1. The number of aryl methyl sites for hydroxylation is 1. The number of aromatic nitrogens is 3. The lowest BCUT2D eigenvalue weighted by molar-refractivity contribution is -0.144. The standard InChI is InChI=1S/C13H21N5O3/c1-3-9-4-5-18(10(6-9)12(19)20)13(21)14-7-11-16-15-8-17(11)2/h8-10H,3-7H2,1-2H3,(H,14,21)(H,19,20). The number of nitrogens with zero attached hydrogens (tertiary/aromatic N) is 4. The molecule has 0 radical (unpaired) electrons. The SMILES string of the molecule is CCC1CCN(C(=O)NCc2nncn2C)C(C(=O)O)C1. The maximum absolute atomic E-state index is 12.2. The van der Waals surface area contributed by atoms with E-state index in [0.717, 1.165) is 12.8 Å². The minimum absolute atomic E-state index is 0.232. The molecule has 1 fully saturated rings. The van der Waals surface area contributed by atoms with Gasteiger partial charge in [0.1, 0.15) is 12.4 Å². The Balaban J connectivity index is 1.97. The van der Waals surface area contributed by atoms with E-state index >= 15 is 0 Å². The fourth-order valence-corrected chi connectivity index (χ4v) is 2.61. The molecule has 2 atom stereocenters. The van der Waals surface area contributed by atoms with E-state index in [1.807, 2.05) is 6.92 Å². The normalized spacial score (nSPS) is 22.1. The summed E-state index contributed by atoms with van der Waals surface area (Å²) in [4.78, 5) is 25.0. The molecule has 0 saturated carbocycles. The number of urea groups is 1. The number of piperidine rings is 1. The summed E-state index contributed by atoms with van der Waals surface area (Å²) in [6.07, 6.45) is 3.85. The zero-order valence-corrected chi connectivity index (χ0v) is 12.3. The van der Waals surface area contributed by atoms with Crippen molar-refractivity contribution in [2.24, 2.45) is 13.0 Å². The van der Waals surface area contributed by atoms with Crippen molar-refractivity contribution in [3.63, 3.8) is 0 Å². The Labute approximate surface area is 123 Å². The summed E-state index contributed by atoms with van der Waals surface area (Å²) in [7, 11) is 1.79. The second-order valence-electron chi connectivity index (χ2n) is 5.36. The van der Waals surface area contributed by atoms with Gasteiger partial charge in [0, 0.05) is 13.6 Å². The number of amides is 2. The van der Waals surface area contributed by atoms with Crippen molar-refractivity contribution in [1.29, 1.82) is 0 Å². The fourth-order valence-electron chi connectivity index (χ4n) is 2.61. The summed E-state index contributed by atoms with van der Waals surface area (Å²) in [5.41, 5.74) is 0. The number of carboxylic acid groups (broad SMARTS) is 1. The third kappa shape index (κ3) is 3.50. The maximum Gasteiger partial charge on any atom is 0.326 e. The average Bonchev–Trinajstić information content (AvgIpc) is 2.89. The van der Waals surface area contributed by atoms with Gasteiger partial charge in [-0.1, -0.05) is 13.3 Å². The van der Waals surface area contributed by atoms with Gasteiger partial charge in [0.25, 0.3) is 0 Å². The second-order valence-corrected chi connectivity index (χ2v) is 5.36. The average molecular weight is 295 g/mol. The Morgan fingerprint density at radius 3 is 2.86 bits per heavy atom. The van der Waals surface area contributed by atoms with Crippen LogP contribution in [0.3, 0.4) is 0 Å². The molecule has 8 heteroatoms. The monoisotopic (exact) mass is 295 g/mol. The highest BCUT2D eigenvalue weighted by molar-refractivity contribution is 5.82. The van der Waals surface area contributed by atoms with Crippen LogP contribution in [-0.4, -0.2) is 49.4 Å². The molecule has 21 heavy (non-hydrogen) atoms. The minimum atomic E-state index is -0.943. The molecule has 0 aliphatic carbocycles. The number of rotatable bonds is 4. The maximum atomic E-state index is 12.2. The van der Waals surface area contributed by atoms with Crippen LogP contribution in [0.4, 0.5) is 4.79 Å². The molecule has 8 nitrogen and oxygen atoms in total. The van der Waals surface area contributed by atoms with Gasteiger partial charge in [-0.15, -0.1) is 10.2 Å². The van der Waals surface area contributed by atoms with Gasteiger partial charge in [-0.25, -0.2) is 9.59 Å². The van der Waals surface area contributed by atoms with Gasteiger partial charge in [0.05, 0.1) is 6.54 Å². The molecule has 2 heterocycles. The Morgan fingerprint density at radius 1 is 1.52 bits per heavy atom. The molecular formula is C13H21N5O3. The summed E-state index contributed by atoms with van der Waals surface area (Å²) < 4.78 is 1.71. The van der Waals surface area contributed by atoms with Gasteiger partial charge >= 0.3 is 12.0 Å². The molecule has 1 saturated heterocycles. The summed E-state index contributed by atoms with van der Waals surface area (Å²) in [5.74, 6) is 0.0505. The second kappa shape index (κ2) is 6.55. The largest absolute Gasteiger partial charge is 0.480 e. The Hall–Kier alpha value is -2.12. The summed E-state index contributed by atoms with van der Waals surface area (Å²) in [6, 6.07) is -1.11. The Morgan fingerprint density at radius 2 is 2.29 bits per heavy atom. The van der Waals surface area contributed by atoms with E-state index in [-0.39, 0.29) is 12.6 Å². The van der Waals surface area contributed by atoms with E-state index in [1.165, 1.54) is 4.90 Å². The van der Waals surface area contributed by atoms with Crippen LogP contribution in [0.25, 0.3) is 0 Å². The first-order chi connectivity index (χ1) is 10.0. The molecule has 2 N–H and O–H groups in total. The third-order valence-electron chi connectivity index (χ3n) is 4.04. The van der Waals surface area contributed by atoms with Crippen LogP contribution in [-0.2, 0) is 18.4 Å². The highest BCUT2D eigenvalue weighted by Crippen LogP contribution is 2.25. The molecule has 1 aliphatic rings. The Kier molecular flexibility index (Phi) is 4.77. The fraction of sp³-hybridized carbons (Fsp3) is 0.692. The number of carbonyl (C=O) groups is 2. The van der Waals surface area contributed by atoms with Gasteiger partial charge in [0.2, 0.25) is 0 Å². The van der Waals surface area contributed by atoms with Crippen LogP contribution >= 0.6 is 0 Å². The van der Waals surface area contributed by atoms with E-state index < -0.39 is 12.0 Å². The lowest BCUT2D eigenvalue weighted by atomic mass is 9.89. The molecule has 1 aliphatic heterocycles. The lowest BCUT2D eigenvalue weighted by Crippen LogP contribution is -2.53. The van der Waals surface area contributed by atoms with Crippen molar-refractivity contribution in [3.8, 4) is 0 Å². The highest BCUT2D eigenvalue weighted by Gasteiger charge is 2.35. The summed E-state index contributed by atoms with van der Waals surface area (Å²) in [5, 5.41) is 19.6. The number of carboxylic acids is 1. The van der Waals surface area contributed by atoms with E-state index in [2.05, 4.69) is 15.5 Å². The van der Waals surface area contributed by atoms with Crippen molar-refractivity contribution in [3.05, 3.63) is 12.2 Å². The van der Waals surface area contributed by atoms with Gasteiger partial charge in [-0.3, -0.25) is 0 Å². The predicted octanol–water partition coefficient (Wildman–Crippen LogP) is 0.600. The van der Waals surface area contributed by atoms with Crippen molar-refractivity contribution in [2.45, 2.75) is 38.8 Å². The topological polar surface area (TPSA) is 100 Å². The molecule has 116 valence electrons. The lowest BCUT2D eigenvalue weighted by Gasteiger charge is -2.36. The first-order valence-corrected chi connectivity index (χ1v) is 7.13. The van der Waals surface area contributed by atoms with E-state index in [1.54, 1.807) is 17.9 Å². The first kappa shape index (κ1) is 15.3. The number of hydrogen-bond donors (Lipinski definition) is 2. The Bertz CT molecular complexity index is 516. The number of aliphatic carboxylic acids is 1. The molecule has 1 aromatic rings. The van der Waals surface area contributed by atoms with Gasteiger partial charge < -0.3 is 19.9 Å². The predicted molar refractivity (Wildman–Crippen MR) is 74.4 cm³/mol. The summed E-state index contributed by atoms with van der Waals surface area (Å²) >= 11 is 0. The van der Waals surface area contributed by atoms with Crippen LogP contribution in [0.5, 0.6) is 0 Å². The van der Waals surface area contributed by atoms with Crippen LogP contribution in [0.2, 0.25) is 0 Å². The minimum Gasteiger partial charge on any atom is -0.480 e. The van der Waals surface area contributed by atoms with Gasteiger partial charge in [-0.05, 0) is 18.8 Å². The molecule has 0 spiro atoms.